The molecular formula is C28H33N3O2S. The van der Waals surface area contributed by atoms with Crippen LogP contribution in [0.1, 0.15) is 71.9 Å². The molecule has 0 aliphatic heterocycles. The molecule has 34 heavy (non-hydrogen) atoms. The smallest absolute Gasteiger partial charge is 0.252 e. The maximum absolute atomic E-state index is 13.0. The van der Waals surface area contributed by atoms with Crippen molar-refractivity contribution in [2.24, 2.45) is 0 Å². The molecule has 0 spiro atoms. The van der Waals surface area contributed by atoms with Crippen molar-refractivity contribution in [2.45, 2.75) is 65.1 Å². The number of hydrogen-bond donors (Lipinski definition) is 3. The summed E-state index contributed by atoms with van der Waals surface area (Å²) in [6.45, 7) is 6.28. The number of rotatable bonds is 8. The molecule has 0 radical (unpaired) electrons. The summed E-state index contributed by atoms with van der Waals surface area (Å²) >= 11 is 1.82. The second-order valence-corrected chi connectivity index (χ2v) is 10.3. The number of nitrogens with one attached hydrogen (secondary N) is 3. The summed E-state index contributed by atoms with van der Waals surface area (Å²) in [5.41, 5.74) is 4.27. The Morgan fingerprint density at radius 3 is 2.62 bits per heavy atom. The van der Waals surface area contributed by atoms with Gasteiger partial charge in [0, 0.05) is 40.5 Å². The van der Waals surface area contributed by atoms with Crippen LogP contribution in [0.3, 0.4) is 0 Å². The predicted octanol–water partition coefficient (Wildman–Crippen LogP) is 6.21. The van der Waals surface area contributed by atoms with E-state index in [2.05, 4.69) is 40.2 Å². The van der Waals surface area contributed by atoms with Gasteiger partial charge in [0.2, 0.25) is 5.91 Å². The molecule has 178 valence electrons. The van der Waals surface area contributed by atoms with E-state index in [0.29, 0.717) is 17.3 Å². The normalized spacial score (nSPS) is 14.7. The Kier molecular flexibility index (Phi) is 7.80. The van der Waals surface area contributed by atoms with Gasteiger partial charge in [-0.3, -0.25) is 9.59 Å². The standard InChI is InChI=1S/C28H33N3O2S/c1-18-11-12-24(31-20(3)32)16-26(18)28(33)30-19(2)21-7-6-8-22(15-21)27-14-13-25(34-27)17-29-23-9-4-5-10-23/h6-8,11-16,19,23,29H,4-5,9-10,17H2,1-3H3,(H,30,33)(H,31,32)/t19-/m1/s1. The van der Waals surface area contributed by atoms with Crippen LogP contribution in [0, 0.1) is 6.92 Å². The van der Waals surface area contributed by atoms with Crippen LogP contribution in [0.4, 0.5) is 5.69 Å². The van der Waals surface area contributed by atoms with Gasteiger partial charge in [-0.1, -0.05) is 37.1 Å². The van der Waals surface area contributed by atoms with E-state index in [4.69, 9.17) is 0 Å². The lowest BCUT2D eigenvalue weighted by Crippen LogP contribution is -2.27. The van der Waals surface area contributed by atoms with Crippen LogP contribution in [0.2, 0.25) is 0 Å². The topological polar surface area (TPSA) is 70.2 Å². The monoisotopic (exact) mass is 475 g/mol. The molecule has 0 unspecified atom stereocenters. The van der Waals surface area contributed by atoms with Gasteiger partial charge in [-0.2, -0.15) is 0 Å². The number of carbonyl (C=O) groups excluding carboxylic acids is 2. The minimum Gasteiger partial charge on any atom is -0.346 e. The Bertz CT molecular complexity index is 1160. The predicted molar refractivity (Wildman–Crippen MR) is 140 cm³/mol. The highest BCUT2D eigenvalue weighted by molar-refractivity contribution is 7.15. The SMILES string of the molecule is CC(=O)Nc1ccc(C)c(C(=O)N[C@H](C)c2cccc(-c3ccc(CNC4CCCC4)s3)c2)c1. The van der Waals surface area contributed by atoms with E-state index in [1.54, 1.807) is 12.1 Å². The number of anilines is 1. The number of benzene rings is 2. The van der Waals surface area contributed by atoms with Gasteiger partial charge in [-0.25, -0.2) is 0 Å². The molecule has 0 saturated heterocycles. The lowest BCUT2D eigenvalue weighted by Gasteiger charge is -2.17. The third-order valence-corrected chi connectivity index (χ3v) is 7.54. The van der Waals surface area contributed by atoms with Crippen LogP contribution in [-0.2, 0) is 11.3 Å². The molecule has 1 atom stereocenters. The number of amides is 2. The molecule has 0 bridgehead atoms. The number of aryl methyl sites for hydroxylation is 1. The number of hydrogen-bond acceptors (Lipinski definition) is 4. The zero-order chi connectivity index (χ0) is 24.1. The average molecular weight is 476 g/mol. The Balaban J connectivity index is 1.42. The summed E-state index contributed by atoms with van der Waals surface area (Å²) in [6.07, 6.45) is 5.27. The second kappa shape index (κ2) is 11.0. The molecule has 3 aromatic rings. The molecule has 1 heterocycles. The van der Waals surface area contributed by atoms with E-state index in [1.165, 1.54) is 47.9 Å². The van der Waals surface area contributed by atoms with Gasteiger partial charge in [-0.05, 0) is 73.7 Å². The lowest BCUT2D eigenvalue weighted by atomic mass is 10.0. The lowest BCUT2D eigenvalue weighted by molar-refractivity contribution is -0.114. The molecule has 6 heteroatoms. The van der Waals surface area contributed by atoms with Crippen LogP contribution >= 0.6 is 11.3 Å². The highest BCUT2D eigenvalue weighted by Crippen LogP contribution is 2.30. The van der Waals surface area contributed by atoms with E-state index in [9.17, 15) is 9.59 Å². The first-order chi connectivity index (χ1) is 16.4. The first kappa shape index (κ1) is 24.2. The fraction of sp³-hybridized carbons (Fsp3) is 0.357. The Morgan fingerprint density at radius 2 is 1.85 bits per heavy atom. The number of thiophene rings is 1. The summed E-state index contributed by atoms with van der Waals surface area (Å²) in [6, 6.07) is 18.7. The molecule has 2 aromatic carbocycles. The quantitative estimate of drug-likeness (QED) is 0.363. The summed E-state index contributed by atoms with van der Waals surface area (Å²) in [7, 11) is 0. The average Bonchev–Trinajstić information content (AvgIpc) is 3.51. The highest BCUT2D eigenvalue weighted by Gasteiger charge is 2.16. The van der Waals surface area contributed by atoms with Crippen molar-refractivity contribution in [3.63, 3.8) is 0 Å². The van der Waals surface area contributed by atoms with Crippen molar-refractivity contribution in [1.82, 2.24) is 10.6 Å². The fourth-order valence-electron chi connectivity index (χ4n) is 4.47. The van der Waals surface area contributed by atoms with E-state index in [-0.39, 0.29) is 17.9 Å². The molecular weight excluding hydrogens is 442 g/mol. The van der Waals surface area contributed by atoms with E-state index in [0.717, 1.165) is 17.7 Å². The fourth-order valence-corrected chi connectivity index (χ4v) is 5.42. The molecule has 1 aromatic heterocycles. The van der Waals surface area contributed by atoms with Crippen LogP contribution < -0.4 is 16.0 Å². The van der Waals surface area contributed by atoms with Crippen molar-refractivity contribution in [3.8, 4) is 10.4 Å². The van der Waals surface area contributed by atoms with E-state index >= 15 is 0 Å². The summed E-state index contributed by atoms with van der Waals surface area (Å²) in [5, 5.41) is 9.54. The Morgan fingerprint density at radius 1 is 1.06 bits per heavy atom. The van der Waals surface area contributed by atoms with E-state index in [1.807, 2.05) is 43.4 Å². The zero-order valence-electron chi connectivity index (χ0n) is 20.1. The van der Waals surface area contributed by atoms with Gasteiger partial charge < -0.3 is 16.0 Å². The summed E-state index contributed by atoms with van der Waals surface area (Å²) in [4.78, 5) is 27.0. The summed E-state index contributed by atoms with van der Waals surface area (Å²) < 4.78 is 0. The third-order valence-electron chi connectivity index (χ3n) is 6.40. The Labute approximate surface area is 206 Å². The maximum Gasteiger partial charge on any atom is 0.252 e. The van der Waals surface area contributed by atoms with Crippen LogP contribution in [-0.4, -0.2) is 17.9 Å². The van der Waals surface area contributed by atoms with Crippen molar-refractivity contribution in [1.29, 1.82) is 0 Å². The molecule has 3 N–H and O–H groups in total. The highest BCUT2D eigenvalue weighted by atomic mass is 32.1. The molecule has 1 fully saturated rings. The van der Waals surface area contributed by atoms with Crippen molar-refractivity contribution < 1.29 is 9.59 Å². The first-order valence-electron chi connectivity index (χ1n) is 12.0. The van der Waals surface area contributed by atoms with Gasteiger partial charge in [0.25, 0.3) is 5.91 Å². The number of carbonyl (C=O) groups is 2. The maximum atomic E-state index is 13.0. The van der Waals surface area contributed by atoms with Crippen LogP contribution in [0.25, 0.3) is 10.4 Å². The van der Waals surface area contributed by atoms with Crippen molar-refractivity contribution in [2.75, 3.05) is 5.32 Å². The van der Waals surface area contributed by atoms with Gasteiger partial charge in [0.05, 0.1) is 6.04 Å². The Hall–Kier alpha value is -2.96. The van der Waals surface area contributed by atoms with Crippen LogP contribution in [0.5, 0.6) is 0 Å². The largest absolute Gasteiger partial charge is 0.346 e. The van der Waals surface area contributed by atoms with Crippen LogP contribution in [0.15, 0.2) is 54.6 Å². The molecule has 5 nitrogen and oxygen atoms in total. The molecule has 1 aliphatic rings. The van der Waals surface area contributed by atoms with E-state index < -0.39 is 0 Å². The van der Waals surface area contributed by atoms with Crippen molar-refractivity contribution >= 4 is 28.8 Å². The molecule has 1 saturated carbocycles. The third kappa shape index (κ3) is 6.13. The zero-order valence-corrected chi connectivity index (χ0v) is 20.9. The van der Waals surface area contributed by atoms with Crippen molar-refractivity contribution in [3.05, 3.63) is 76.2 Å². The molecule has 1 aliphatic carbocycles. The minimum atomic E-state index is -0.161. The van der Waals surface area contributed by atoms with Gasteiger partial charge in [-0.15, -0.1) is 11.3 Å². The van der Waals surface area contributed by atoms with Gasteiger partial charge in [0.15, 0.2) is 0 Å². The molecule has 2 amide bonds. The minimum absolute atomic E-state index is 0.153. The first-order valence-corrected chi connectivity index (χ1v) is 12.8. The van der Waals surface area contributed by atoms with Gasteiger partial charge in [0.1, 0.15) is 0 Å². The van der Waals surface area contributed by atoms with Gasteiger partial charge >= 0.3 is 0 Å². The summed E-state index contributed by atoms with van der Waals surface area (Å²) in [5.74, 6) is -0.314. The molecule has 4 rings (SSSR count). The second-order valence-electron chi connectivity index (χ2n) is 9.16.